The Morgan fingerprint density at radius 1 is 1.53 bits per heavy atom. The van der Waals surface area contributed by atoms with Gasteiger partial charge in [-0.2, -0.15) is 11.8 Å². The van der Waals surface area contributed by atoms with Crippen molar-refractivity contribution in [3.05, 3.63) is 35.4 Å². The minimum Gasteiger partial charge on any atom is -0.394 e. The number of aliphatic hydroxyl groups is 1. The van der Waals surface area contributed by atoms with E-state index in [4.69, 9.17) is 5.73 Å². The van der Waals surface area contributed by atoms with E-state index in [2.05, 4.69) is 31.2 Å². The smallest absolute Gasteiger partial charge is 0.0611 e. The normalized spacial score (nSPS) is 28.5. The number of nitrogens with two attached hydrogens (primary N) is 1. The number of hydrogen-bond acceptors (Lipinski definition) is 3. The Bertz CT molecular complexity index is 382. The van der Waals surface area contributed by atoms with Crippen molar-refractivity contribution in [1.82, 2.24) is 0 Å². The predicted octanol–water partition coefficient (Wildman–Crippen LogP) is 2.47. The van der Waals surface area contributed by atoms with E-state index >= 15 is 0 Å². The third kappa shape index (κ3) is 3.47. The first-order chi connectivity index (χ1) is 8.11. The zero-order chi connectivity index (χ0) is 12.3. The average Bonchev–Trinajstić information content (AvgIpc) is 2.70. The van der Waals surface area contributed by atoms with Crippen LogP contribution in [0.25, 0.3) is 0 Å². The van der Waals surface area contributed by atoms with E-state index in [-0.39, 0.29) is 12.1 Å². The van der Waals surface area contributed by atoms with Crippen molar-refractivity contribution in [2.75, 3.05) is 6.61 Å². The van der Waals surface area contributed by atoms with Gasteiger partial charge in [0, 0.05) is 16.5 Å². The van der Waals surface area contributed by atoms with Crippen LogP contribution in [-0.4, -0.2) is 22.5 Å². The van der Waals surface area contributed by atoms with Gasteiger partial charge >= 0.3 is 0 Å². The molecule has 1 aliphatic carbocycles. The molecule has 2 unspecified atom stereocenters. The van der Waals surface area contributed by atoms with E-state index in [1.807, 2.05) is 11.8 Å². The van der Waals surface area contributed by atoms with Crippen molar-refractivity contribution in [2.45, 2.75) is 42.7 Å². The molecule has 2 nitrogen and oxygen atoms in total. The lowest BCUT2D eigenvalue weighted by Gasteiger charge is -2.20. The van der Waals surface area contributed by atoms with E-state index in [1.54, 1.807) is 0 Å². The molecular formula is C14H21NOS. The van der Waals surface area contributed by atoms with E-state index in [1.165, 1.54) is 11.1 Å². The Balaban J connectivity index is 1.84. The van der Waals surface area contributed by atoms with Crippen molar-refractivity contribution in [3.8, 4) is 0 Å². The first-order valence-corrected chi connectivity index (χ1v) is 7.23. The van der Waals surface area contributed by atoms with Gasteiger partial charge in [0.25, 0.3) is 0 Å². The fraction of sp³-hybridized carbons (Fsp3) is 0.571. The molecule has 0 aromatic heterocycles. The molecule has 0 radical (unpaired) electrons. The second-order valence-electron chi connectivity index (χ2n) is 5.19. The molecule has 0 heterocycles. The highest BCUT2D eigenvalue weighted by atomic mass is 32.2. The Morgan fingerprint density at radius 2 is 2.35 bits per heavy atom. The zero-order valence-corrected chi connectivity index (χ0v) is 11.2. The summed E-state index contributed by atoms with van der Waals surface area (Å²) in [6.45, 7) is 2.24. The number of aryl methyl sites for hydroxylation is 1. The van der Waals surface area contributed by atoms with Crippen LogP contribution in [0.5, 0.6) is 0 Å². The van der Waals surface area contributed by atoms with Crippen LogP contribution >= 0.6 is 11.8 Å². The Labute approximate surface area is 108 Å². The van der Waals surface area contributed by atoms with Gasteiger partial charge in [-0.05, 0) is 31.7 Å². The molecule has 17 heavy (non-hydrogen) atoms. The van der Waals surface area contributed by atoms with Gasteiger partial charge in [0.1, 0.15) is 0 Å². The molecule has 0 amide bonds. The first-order valence-electron chi connectivity index (χ1n) is 6.18. The summed E-state index contributed by atoms with van der Waals surface area (Å²) in [6.07, 6.45) is 3.03. The van der Waals surface area contributed by atoms with Crippen molar-refractivity contribution in [1.29, 1.82) is 0 Å². The Morgan fingerprint density at radius 3 is 3.00 bits per heavy atom. The van der Waals surface area contributed by atoms with Gasteiger partial charge in [0.15, 0.2) is 0 Å². The molecule has 0 aliphatic heterocycles. The zero-order valence-electron chi connectivity index (χ0n) is 10.4. The highest BCUT2D eigenvalue weighted by Crippen LogP contribution is 2.36. The standard InChI is InChI=1S/C14H21NOS/c1-11-3-2-4-12(7-11)9-17-13-5-6-14(15,8-13)10-16/h2-4,7,13,16H,5-6,8-10,15H2,1H3. The van der Waals surface area contributed by atoms with E-state index in [0.717, 1.165) is 25.0 Å². The molecule has 94 valence electrons. The summed E-state index contributed by atoms with van der Waals surface area (Å²) < 4.78 is 0. The van der Waals surface area contributed by atoms with Crippen molar-refractivity contribution in [2.24, 2.45) is 5.73 Å². The lowest BCUT2D eigenvalue weighted by Crippen LogP contribution is -2.40. The highest BCUT2D eigenvalue weighted by Gasteiger charge is 2.35. The van der Waals surface area contributed by atoms with Crippen molar-refractivity contribution in [3.63, 3.8) is 0 Å². The summed E-state index contributed by atoms with van der Waals surface area (Å²) in [6, 6.07) is 8.65. The summed E-state index contributed by atoms with van der Waals surface area (Å²) in [5.74, 6) is 1.05. The maximum absolute atomic E-state index is 9.23. The van der Waals surface area contributed by atoms with Gasteiger partial charge in [-0.1, -0.05) is 29.8 Å². The summed E-state index contributed by atoms with van der Waals surface area (Å²) in [5, 5.41) is 9.83. The van der Waals surface area contributed by atoms with Crippen LogP contribution in [0.1, 0.15) is 30.4 Å². The summed E-state index contributed by atoms with van der Waals surface area (Å²) in [4.78, 5) is 0. The Kier molecular flexibility index (Phi) is 4.13. The average molecular weight is 251 g/mol. The molecule has 1 aromatic carbocycles. The quantitative estimate of drug-likeness (QED) is 0.864. The Hall–Kier alpha value is -0.510. The molecule has 1 aliphatic rings. The molecule has 2 atom stereocenters. The van der Waals surface area contributed by atoms with Gasteiger partial charge in [0.2, 0.25) is 0 Å². The first kappa shape index (κ1) is 12.9. The lowest BCUT2D eigenvalue weighted by atomic mass is 10.0. The second-order valence-corrected chi connectivity index (χ2v) is 6.47. The summed E-state index contributed by atoms with van der Waals surface area (Å²) in [5.41, 5.74) is 8.46. The lowest BCUT2D eigenvalue weighted by molar-refractivity contribution is 0.200. The molecule has 1 aromatic rings. The number of hydrogen-bond donors (Lipinski definition) is 2. The van der Waals surface area contributed by atoms with Crippen LogP contribution in [-0.2, 0) is 5.75 Å². The van der Waals surface area contributed by atoms with Gasteiger partial charge in [-0.15, -0.1) is 0 Å². The number of aliphatic hydroxyl groups excluding tert-OH is 1. The molecule has 1 saturated carbocycles. The molecule has 0 saturated heterocycles. The third-order valence-electron chi connectivity index (χ3n) is 3.48. The minimum absolute atomic E-state index is 0.120. The van der Waals surface area contributed by atoms with E-state index in [0.29, 0.717) is 5.25 Å². The molecule has 0 bridgehead atoms. The van der Waals surface area contributed by atoms with Crippen LogP contribution < -0.4 is 5.73 Å². The molecule has 1 fully saturated rings. The monoisotopic (exact) mass is 251 g/mol. The fourth-order valence-corrected chi connectivity index (χ4v) is 3.75. The molecule has 2 rings (SSSR count). The molecular weight excluding hydrogens is 230 g/mol. The van der Waals surface area contributed by atoms with Crippen LogP contribution in [0.3, 0.4) is 0 Å². The van der Waals surface area contributed by atoms with Crippen LogP contribution in [0.4, 0.5) is 0 Å². The minimum atomic E-state index is -0.315. The topological polar surface area (TPSA) is 46.2 Å². The van der Waals surface area contributed by atoms with Crippen molar-refractivity contribution < 1.29 is 5.11 Å². The SMILES string of the molecule is Cc1cccc(CSC2CCC(N)(CO)C2)c1. The molecule has 0 spiro atoms. The van der Waals surface area contributed by atoms with Crippen LogP contribution in [0, 0.1) is 6.92 Å². The predicted molar refractivity (Wildman–Crippen MR) is 74.1 cm³/mol. The fourth-order valence-electron chi connectivity index (χ4n) is 2.41. The van der Waals surface area contributed by atoms with Crippen molar-refractivity contribution >= 4 is 11.8 Å². The van der Waals surface area contributed by atoms with E-state index in [9.17, 15) is 5.11 Å². The van der Waals surface area contributed by atoms with Crippen LogP contribution in [0.15, 0.2) is 24.3 Å². The van der Waals surface area contributed by atoms with Crippen LogP contribution in [0.2, 0.25) is 0 Å². The summed E-state index contributed by atoms with van der Waals surface area (Å²) in [7, 11) is 0. The van der Waals surface area contributed by atoms with E-state index < -0.39 is 0 Å². The number of benzene rings is 1. The maximum atomic E-state index is 9.23. The van der Waals surface area contributed by atoms with Gasteiger partial charge < -0.3 is 10.8 Å². The number of rotatable bonds is 4. The summed E-state index contributed by atoms with van der Waals surface area (Å²) >= 11 is 1.97. The number of thioether (sulfide) groups is 1. The van der Waals surface area contributed by atoms with Gasteiger partial charge in [-0.3, -0.25) is 0 Å². The largest absolute Gasteiger partial charge is 0.394 e. The molecule has 3 N–H and O–H groups in total. The highest BCUT2D eigenvalue weighted by molar-refractivity contribution is 7.99. The maximum Gasteiger partial charge on any atom is 0.0611 e. The molecule has 3 heteroatoms. The van der Waals surface area contributed by atoms with Gasteiger partial charge in [-0.25, -0.2) is 0 Å². The third-order valence-corrected chi connectivity index (χ3v) is 4.86. The second kappa shape index (κ2) is 5.42. The van der Waals surface area contributed by atoms with Gasteiger partial charge in [0.05, 0.1) is 6.61 Å².